The highest BCUT2D eigenvalue weighted by molar-refractivity contribution is 5.82. The van der Waals surface area contributed by atoms with Crippen molar-refractivity contribution in [3.63, 3.8) is 0 Å². The quantitative estimate of drug-likeness (QED) is 0.541. The van der Waals surface area contributed by atoms with E-state index in [1.54, 1.807) is 13.4 Å². The lowest BCUT2D eigenvalue weighted by Crippen LogP contribution is -2.42. The Morgan fingerprint density at radius 2 is 2.00 bits per heavy atom. The molecular formula is C24H25N5O2. The van der Waals surface area contributed by atoms with E-state index in [1.807, 2.05) is 58.0 Å². The number of rotatable bonds is 5. The van der Waals surface area contributed by atoms with E-state index in [4.69, 9.17) is 9.72 Å². The average molecular weight is 415 g/mol. The topological polar surface area (TPSA) is 76.0 Å². The lowest BCUT2D eigenvalue weighted by atomic mass is 9.95. The van der Waals surface area contributed by atoms with Crippen LogP contribution in [-0.4, -0.2) is 44.0 Å². The molecule has 7 nitrogen and oxygen atoms in total. The van der Waals surface area contributed by atoms with Crippen LogP contribution in [0.5, 0.6) is 5.75 Å². The lowest BCUT2D eigenvalue weighted by molar-refractivity contribution is -0.134. The van der Waals surface area contributed by atoms with Gasteiger partial charge in [0.1, 0.15) is 24.2 Å². The van der Waals surface area contributed by atoms with Crippen molar-refractivity contribution in [1.82, 2.24) is 24.4 Å². The normalized spacial score (nSPS) is 15.8. The van der Waals surface area contributed by atoms with Crippen LogP contribution in [0.25, 0.3) is 11.0 Å². The summed E-state index contributed by atoms with van der Waals surface area (Å²) >= 11 is 0. The van der Waals surface area contributed by atoms with E-state index in [0.717, 1.165) is 52.4 Å². The predicted molar refractivity (Wildman–Crippen MR) is 118 cm³/mol. The van der Waals surface area contributed by atoms with Crippen LogP contribution >= 0.6 is 0 Å². The fourth-order valence-corrected chi connectivity index (χ4v) is 4.47. The number of ether oxygens (including phenoxy) is 1. The Hall–Kier alpha value is -3.61. The summed E-state index contributed by atoms with van der Waals surface area (Å²) in [6.45, 7) is 2.97. The molecule has 1 aliphatic rings. The molecule has 31 heavy (non-hydrogen) atoms. The van der Waals surface area contributed by atoms with Gasteiger partial charge in [0.15, 0.2) is 0 Å². The summed E-state index contributed by atoms with van der Waals surface area (Å²) in [5.41, 5.74) is 4.94. The molecule has 1 atom stereocenters. The first-order valence-corrected chi connectivity index (χ1v) is 10.6. The minimum atomic E-state index is -0.228. The van der Waals surface area contributed by atoms with Crippen molar-refractivity contribution in [2.75, 3.05) is 13.7 Å². The van der Waals surface area contributed by atoms with E-state index in [-0.39, 0.29) is 18.5 Å². The number of carbonyl (C=O) groups excluding carboxylic acids is 1. The zero-order chi connectivity index (χ0) is 21.4. The molecule has 7 heteroatoms. The smallest absolute Gasteiger partial charge is 0.243 e. The highest BCUT2D eigenvalue weighted by Crippen LogP contribution is 2.34. The van der Waals surface area contributed by atoms with Crippen LogP contribution in [0, 0.1) is 0 Å². The van der Waals surface area contributed by atoms with Gasteiger partial charge in [0.2, 0.25) is 5.91 Å². The van der Waals surface area contributed by atoms with Gasteiger partial charge in [-0.1, -0.05) is 31.2 Å². The van der Waals surface area contributed by atoms with Gasteiger partial charge in [0.25, 0.3) is 0 Å². The van der Waals surface area contributed by atoms with E-state index in [2.05, 4.69) is 16.9 Å². The molecule has 1 amide bonds. The van der Waals surface area contributed by atoms with Crippen LogP contribution in [0.2, 0.25) is 0 Å². The van der Waals surface area contributed by atoms with E-state index >= 15 is 0 Å². The number of benzene rings is 2. The molecule has 0 fully saturated rings. The molecule has 0 radical (unpaired) electrons. The summed E-state index contributed by atoms with van der Waals surface area (Å²) in [6, 6.07) is 15.6. The van der Waals surface area contributed by atoms with Crippen molar-refractivity contribution in [1.29, 1.82) is 0 Å². The van der Waals surface area contributed by atoms with E-state index < -0.39 is 0 Å². The number of para-hydroxylation sites is 2. The maximum Gasteiger partial charge on any atom is 0.243 e. The number of nitrogens with zero attached hydrogens (tertiary/aromatic N) is 4. The fourth-order valence-electron chi connectivity index (χ4n) is 4.47. The van der Waals surface area contributed by atoms with Gasteiger partial charge in [-0.25, -0.2) is 9.97 Å². The van der Waals surface area contributed by atoms with Gasteiger partial charge in [0.05, 0.1) is 30.2 Å². The first-order chi connectivity index (χ1) is 15.2. The van der Waals surface area contributed by atoms with Crippen molar-refractivity contribution < 1.29 is 9.53 Å². The Balaban J connectivity index is 1.51. The lowest BCUT2D eigenvalue weighted by Gasteiger charge is -2.35. The second-order valence-electron chi connectivity index (χ2n) is 7.74. The summed E-state index contributed by atoms with van der Waals surface area (Å²) in [7, 11) is 1.65. The van der Waals surface area contributed by atoms with Crippen LogP contribution in [0.1, 0.15) is 35.7 Å². The first-order valence-electron chi connectivity index (χ1n) is 10.6. The van der Waals surface area contributed by atoms with Gasteiger partial charge in [-0.2, -0.15) is 0 Å². The number of methoxy groups -OCH3 is 1. The van der Waals surface area contributed by atoms with Crippen molar-refractivity contribution in [2.45, 2.75) is 32.4 Å². The number of hydrogen-bond donors (Lipinski definition) is 1. The Morgan fingerprint density at radius 3 is 2.77 bits per heavy atom. The summed E-state index contributed by atoms with van der Waals surface area (Å²) < 4.78 is 7.35. The maximum absolute atomic E-state index is 13.6. The number of H-pyrrole nitrogens is 1. The van der Waals surface area contributed by atoms with Crippen LogP contribution in [-0.2, 0) is 24.2 Å². The molecule has 158 valence electrons. The number of fused-ring (bicyclic) bond motifs is 2. The number of carbonyl (C=O) groups is 1. The molecule has 0 bridgehead atoms. The minimum Gasteiger partial charge on any atom is -0.497 e. The molecule has 0 saturated heterocycles. The fraction of sp³-hybridized carbons (Fsp3) is 0.292. The zero-order valence-corrected chi connectivity index (χ0v) is 17.7. The number of hydrogen-bond acceptors (Lipinski definition) is 4. The number of amides is 1. The molecule has 0 unspecified atom stereocenters. The molecular weight excluding hydrogens is 390 g/mol. The molecule has 2 aromatic heterocycles. The minimum absolute atomic E-state index is 0.0623. The SMILES string of the molecule is CCc1nc2ccccc2n1CC(=O)N1CCc2[nH]cnc2[C@@H]1c1ccc(OC)cc1. The molecule has 0 saturated carbocycles. The Morgan fingerprint density at radius 1 is 1.19 bits per heavy atom. The number of aromatic nitrogens is 4. The second-order valence-corrected chi connectivity index (χ2v) is 7.74. The molecule has 0 spiro atoms. The van der Waals surface area contributed by atoms with Gasteiger partial charge < -0.3 is 19.2 Å². The third kappa shape index (κ3) is 3.36. The Labute approximate surface area is 180 Å². The second kappa shape index (κ2) is 7.91. The Bertz CT molecular complexity index is 1220. The van der Waals surface area contributed by atoms with Gasteiger partial charge in [-0.3, -0.25) is 4.79 Å². The summed E-state index contributed by atoms with van der Waals surface area (Å²) in [6.07, 6.45) is 3.25. The van der Waals surface area contributed by atoms with E-state index in [9.17, 15) is 4.79 Å². The number of imidazole rings is 2. The number of nitrogens with one attached hydrogen (secondary N) is 1. The zero-order valence-electron chi connectivity index (χ0n) is 17.7. The van der Waals surface area contributed by atoms with E-state index in [0.29, 0.717) is 6.54 Å². The highest BCUT2D eigenvalue weighted by atomic mass is 16.5. The van der Waals surface area contributed by atoms with Crippen molar-refractivity contribution in [3.8, 4) is 5.75 Å². The van der Waals surface area contributed by atoms with Crippen LogP contribution < -0.4 is 4.74 Å². The van der Waals surface area contributed by atoms with Gasteiger partial charge in [0, 0.05) is 25.1 Å². The molecule has 3 heterocycles. The number of aromatic amines is 1. The predicted octanol–water partition coefficient (Wildman–Crippen LogP) is 3.50. The molecule has 4 aromatic rings. The third-order valence-electron chi connectivity index (χ3n) is 6.02. The average Bonchev–Trinajstić information content (AvgIpc) is 3.43. The molecule has 1 aliphatic heterocycles. The van der Waals surface area contributed by atoms with Gasteiger partial charge in [-0.05, 0) is 29.8 Å². The summed E-state index contributed by atoms with van der Waals surface area (Å²) in [4.78, 5) is 28.1. The van der Waals surface area contributed by atoms with Gasteiger partial charge >= 0.3 is 0 Å². The Kier molecular flexibility index (Phi) is 4.94. The monoisotopic (exact) mass is 415 g/mol. The maximum atomic E-state index is 13.6. The van der Waals surface area contributed by atoms with Crippen molar-refractivity contribution in [2.24, 2.45) is 0 Å². The van der Waals surface area contributed by atoms with Crippen LogP contribution in [0.4, 0.5) is 0 Å². The molecule has 1 N–H and O–H groups in total. The molecule has 5 rings (SSSR count). The van der Waals surface area contributed by atoms with Crippen LogP contribution in [0.3, 0.4) is 0 Å². The van der Waals surface area contributed by atoms with E-state index in [1.165, 1.54) is 0 Å². The highest BCUT2D eigenvalue weighted by Gasteiger charge is 2.34. The van der Waals surface area contributed by atoms with Crippen LogP contribution in [0.15, 0.2) is 54.9 Å². The standard InChI is InChI=1S/C24H25N5O2/c1-3-21-27-18-6-4-5-7-20(18)29(21)14-22(30)28-13-12-19-23(26-15-25-19)24(28)16-8-10-17(31-2)11-9-16/h4-11,15,24H,3,12-14H2,1-2H3,(H,25,26)/t24-/m0/s1. The van der Waals surface area contributed by atoms with Crippen molar-refractivity contribution in [3.05, 3.63) is 77.6 Å². The molecule has 0 aliphatic carbocycles. The number of aryl methyl sites for hydroxylation is 1. The molecule has 2 aromatic carbocycles. The van der Waals surface area contributed by atoms with Gasteiger partial charge in [-0.15, -0.1) is 0 Å². The van der Waals surface area contributed by atoms with Crippen molar-refractivity contribution >= 4 is 16.9 Å². The first kappa shape index (κ1) is 19.4. The largest absolute Gasteiger partial charge is 0.497 e. The third-order valence-corrected chi connectivity index (χ3v) is 6.02. The summed E-state index contributed by atoms with van der Waals surface area (Å²) in [5.74, 6) is 1.78. The summed E-state index contributed by atoms with van der Waals surface area (Å²) in [5, 5.41) is 0.